The summed E-state index contributed by atoms with van der Waals surface area (Å²) < 4.78 is 44.7. The van der Waals surface area contributed by atoms with E-state index in [9.17, 15) is 18.0 Å². The Morgan fingerprint density at radius 2 is 1.83 bits per heavy atom. The third-order valence-electron chi connectivity index (χ3n) is 6.01. The first-order valence-corrected chi connectivity index (χ1v) is 12.2. The molecule has 1 saturated heterocycles. The summed E-state index contributed by atoms with van der Waals surface area (Å²) >= 11 is 0. The summed E-state index contributed by atoms with van der Waals surface area (Å²) in [7, 11) is 3.69. The first kappa shape index (κ1) is 36.1. The van der Waals surface area contributed by atoms with E-state index >= 15 is 0 Å². The number of piperidine rings is 1. The minimum atomic E-state index is -4.63. The molecule has 4 rings (SSSR count). The van der Waals surface area contributed by atoms with Gasteiger partial charge in [-0.1, -0.05) is 31.2 Å². The number of nitrogen functional groups attached to an aromatic ring is 1. The number of amides is 1. The topological polar surface area (TPSA) is 93.4 Å². The van der Waals surface area contributed by atoms with Gasteiger partial charge >= 0.3 is 6.18 Å². The van der Waals surface area contributed by atoms with E-state index in [-0.39, 0.29) is 43.9 Å². The van der Waals surface area contributed by atoms with Gasteiger partial charge in [0, 0.05) is 23.0 Å². The first-order valence-electron chi connectivity index (χ1n) is 12.2. The van der Waals surface area contributed by atoms with Crippen molar-refractivity contribution < 1.29 is 22.7 Å². The van der Waals surface area contributed by atoms with Crippen molar-refractivity contribution in [2.75, 3.05) is 39.5 Å². The number of hydrogen-bond acceptors (Lipinski definition) is 6. The minimum Gasteiger partial charge on any atom is -0.495 e. The summed E-state index contributed by atoms with van der Waals surface area (Å²) in [5.74, 6) is 0.114. The number of pyridine rings is 2. The predicted octanol–water partition coefficient (Wildman–Crippen LogP) is 6.24. The van der Waals surface area contributed by atoms with Crippen LogP contribution in [0.1, 0.15) is 41.1 Å². The average Bonchev–Trinajstić information content (AvgIpc) is 2.91. The standard InChI is InChI=1S/C22H19F3N4O2.C6H13N.2CH3.Es/c1-13(22(23,24)25)20-16-6-3-7-18(26)17(16)11-14(29-20)5-4-10-27-21(30)19-9-8-15(31-2)12-28-19;1-7-5-3-2-4-6-7;;;/h3-9,11-12H,1,10,26H2,2H3,(H,27,30);2-6H2,1H3;2*1H3;/q;;2*-1;/b5-4+;;;;. The second kappa shape index (κ2) is 16.2. The second-order valence-corrected chi connectivity index (χ2v) is 8.87. The Morgan fingerprint density at radius 3 is 2.37 bits per heavy atom. The summed E-state index contributed by atoms with van der Waals surface area (Å²) in [6, 6.07) is 9.38. The molecule has 0 saturated carbocycles. The van der Waals surface area contributed by atoms with Gasteiger partial charge in [0.15, 0.2) is 0 Å². The van der Waals surface area contributed by atoms with Gasteiger partial charge in [-0.2, -0.15) is 13.2 Å². The van der Waals surface area contributed by atoms with Crippen LogP contribution in [-0.2, 0) is 0 Å². The third-order valence-corrected chi connectivity index (χ3v) is 6.01. The van der Waals surface area contributed by atoms with Crippen molar-refractivity contribution in [1.29, 1.82) is 0 Å². The number of allylic oxidation sites excluding steroid dienone is 1. The molecule has 3 heterocycles. The van der Waals surface area contributed by atoms with Gasteiger partial charge in [0.1, 0.15) is 11.4 Å². The Labute approximate surface area is 235 Å². The Kier molecular flexibility index (Phi) is 14.3. The number of fused-ring (bicyclic) bond motifs is 1. The van der Waals surface area contributed by atoms with E-state index in [1.807, 2.05) is 0 Å². The van der Waals surface area contributed by atoms with Crippen molar-refractivity contribution in [2.45, 2.75) is 25.4 Å². The van der Waals surface area contributed by atoms with Crippen LogP contribution in [0.25, 0.3) is 22.4 Å². The van der Waals surface area contributed by atoms with Gasteiger partial charge in [0.2, 0.25) is 0 Å². The summed E-state index contributed by atoms with van der Waals surface area (Å²) in [6.45, 7) is 5.91. The molecule has 3 aromatic rings. The van der Waals surface area contributed by atoms with Gasteiger partial charge in [0.05, 0.1) is 30.3 Å². The molecular formula is C30H38EsF3N5O2-2. The maximum atomic E-state index is 13.2. The molecule has 7 nitrogen and oxygen atoms in total. The largest absolute Gasteiger partial charge is 0.495 e. The van der Waals surface area contributed by atoms with Crippen LogP contribution in [0.2, 0.25) is 0 Å². The molecule has 3 N–H and O–H groups in total. The summed E-state index contributed by atoms with van der Waals surface area (Å²) in [4.78, 5) is 22.6. The van der Waals surface area contributed by atoms with Crippen molar-refractivity contribution in [3.8, 4) is 5.75 Å². The number of ether oxygens (including phenoxy) is 1. The van der Waals surface area contributed by atoms with Crippen LogP contribution in [0.3, 0.4) is 0 Å². The fourth-order valence-corrected chi connectivity index (χ4v) is 3.88. The van der Waals surface area contributed by atoms with Crippen LogP contribution >= 0.6 is 0 Å². The molecule has 1 radical (unpaired) electrons. The van der Waals surface area contributed by atoms with Crippen LogP contribution in [-0.4, -0.2) is 60.7 Å². The van der Waals surface area contributed by atoms with Crippen molar-refractivity contribution in [3.05, 3.63) is 87.2 Å². The predicted molar refractivity (Wildman–Crippen MR) is 158 cm³/mol. The van der Waals surface area contributed by atoms with Gasteiger partial charge in [-0.3, -0.25) is 4.79 Å². The number of hydrogen-bond donors (Lipinski definition) is 2. The zero-order valence-electron chi connectivity index (χ0n) is 23.8. The molecule has 0 atom stereocenters. The molecule has 41 heavy (non-hydrogen) atoms. The fourth-order valence-electron chi connectivity index (χ4n) is 3.88. The fraction of sp³-hybridized carbons (Fsp3) is 0.300. The number of likely N-dealkylation sites (tertiary alicyclic amines) is 1. The van der Waals surface area contributed by atoms with Crippen LogP contribution in [0, 0.1) is 14.9 Å². The molecular weight excluding hydrogens is 771 g/mol. The summed E-state index contributed by atoms with van der Waals surface area (Å²) in [5, 5.41) is 3.33. The molecule has 0 unspecified atom stereocenters. The number of alkyl halides is 3. The number of rotatable bonds is 6. The number of methoxy groups -OCH3 is 1. The minimum absolute atomic E-state index is 0. The van der Waals surface area contributed by atoms with E-state index in [0.717, 1.165) is 0 Å². The maximum Gasteiger partial charge on any atom is 0.417 e. The van der Waals surface area contributed by atoms with Crippen LogP contribution in [0.4, 0.5) is 18.9 Å². The number of nitrogens with two attached hydrogens (primary N) is 1. The molecule has 229 valence electrons. The number of carbonyl (C=O) groups is 1. The second-order valence-electron chi connectivity index (χ2n) is 8.87. The number of carbonyl (C=O) groups excluding carboxylic acids is 1. The van der Waals surface area contributed by atoms with Gasteiger partial charge in [0.25, 0.3) is 5.91 Å². The van der Waals surface area contributed by atoms with Crippen LogP contribution in [0.15, 0.2) is 55.3 Å². The normalized spacial score (nSPS) is 13.1. The smallest absolute Gasteiger partial charge is 0.417 e. The van der Waals surface area contributed by atoms with E-state index < -0.39 is 17.7 Å². The van der Waals surface area contributed by atoms with Crippen molar-refractivity contribution in [2.24, 2.45) is 0 Å². The molecule has 2 aromatic heterocycles. The summed E-state index contributed by atoms with van der Waals surface area (Å²) in [6.07, 6.45) is 4.13. The number of halogens is 3. The van der Waals surface area contributed by atoms with Crippen molar-refractivity contribution >= 4 is 34.0 Å². The molecule has 1 amide bonds. The summed E-state index contributed by atoms with van der Waals surface area (Å²) in [5.41, 5.74) is 5.38. The number of nitrogens with zero attached hydrogens (tertiary/aromatic N) is 3. The van der Waals surface area contributed by atoms with E-state index in [4.69, 9.17) is 10.5 Å². The number of anilines is 1. The Morgan fingerprint density at radius 1 is 1.15 bits per heavy atom. The van der Waals surface area contributed by atoms with E-state index in [2.05, 4.69) is 33.8 Å². The molecule has 1 aromatic carbocycles. The number of benzene rings is 1. The molecule has 1 fully saturated rings. The third kappa shape index (κ3) is 9.96. The Hall–Kier alpha value is -4.92. The van der Waals surface area contributed by atoms with Gasteiger partial charge in [-0.05, 0) is 63.3 Å². The van der Waals surface area contributed by atoms with Gasteiger partial charge in [-0.15, -0.1) is 0 Å². The molecule has 11 heteroatoms. The van der Waals surface area contributed by atoms with Crippen LogP contribution in [0.5, 0.6) is 5.75 Å². The monoisotopic (exact) mass is 809 g/mol. The Bertz CT molecular complexity index is 1290. The molecule has 1 aliphatic heterocycles. The molecule has 1 aliphatic rings. The molecule has 0 spiro atoms. The van der Waals surface area contributed by atoms with Crippen LogP contribution < -0.4 is 15.8 Å². The van der Waals surface area contributed by atoms with Gasteiger partial charge < -0.3 is 35.5 Å². The SMILES string of the molecule is C=C(c1nc(/C=C/CNC(=O)c2ccc(OC)cn2)cc2c(N)cccc12)C(F)(F)F.CN1CCCCC1.[CH3-].[CH3-].[Es]. The van der Waals surface area contributed by atoms with Crippen molar-refractivity contribution in [1.82, 2.24) is 20.2 Å². The average molecular weight is 810 g/mol. The number of nitrogens with one attached hydrogen (secondary N) is 1. The zero-order valence-corrected chi connectivity index (χ0v) is 26.3. The zero-order chi connectivity index (χ0) is 27.7. The van der Waals surface area contributed by atoms with Gasteiger partial charge in [-0.25, -0.2) is 9.97 Å². The number of aromatic nitrogens is 2. The Balaban J connectivity index is 0.00000140. The maximum absolute atomic E-state index is 13.2. The van der Waals surface area contributed by atoms with E-state index in [0.29, 0.717) is 16.8 Å². The van der Waals surface area contributed by atoms with E-state index in [1.165, 1.54) is 63.9 Å². The van der Waals surface area contributed by atoms with E-state index in [1.54, 1.807) is 30.3 Å². The molecule has 0 aliphatic carbocycles. The van der Waals surface area contributed by atoms with Crippen molar-refractivity contribution in [3.63, 3.8) is 0 Å². The molecule has 0 bridgehead atoms. The first-order chi connectivity index (χ1) is 18.1. The quantitative estimate of drug-likeness (QED) is 0.227.